The minimum atomic E-state index is -1.28. The first-order chi connectivity index (χ1) is 10.3. The molecule has 22 heavy (non-hydrogen) atoms. The molecule has 0 radical (unpaired) electrons. The summed E-state index contributed by atoms with van der Waals surface area (Å²) in [6, 6.07) is 4.51. The molecule has 0 heterocycles. The Morgan fingerprint density at radius 3 is 2.50 bits per heavy atom. The van der Waals surface area contributed by atoms with Gasteiger partial charge in [0.1, 0.15) is 5.75 Å². The third kappa shape index (κ3) is 6.02. The predicted molar refractivity (Wildman–Crippen MR) is 79.6 cm³/mol. The number of carboxylic acids is 1. The number of amides is 2. The number of hydrogen-bond donors (Lipinski definition) is 3. The number of hydrazine groups is 1. The molecule has 0 aromatic heterocycles. The van der Waals surface area contributed by atoms with Gasteiger partial charge >= 0.3 is 5.97 Å². The van der Waals surface area contributed by atoms with Gasteiger partial charge in [-0.05, 0) is 25.1 Å². The second-order valence-corrected chi connectivity index (χ2v) is 4.83. The Labute approximate surface area is 135 Å². The molecule has 0 saturated carbocycles. The van der Waals surface area contributed by atoms with Crippen LogP contribution >= 0.6 is 23.2 Å². The van der Waals surface area contributed by atoms with E-state index in [1.54, 1.807) is 6.07 Å². The fourth-order valence-corrected chi connectivity index (χ4v) is 1.68. The van der Waals surface area contributed by atoms with Crippen molar-refractivity contribution in [3.05, 3.63) is 40.4 Å². The van der Waals surface area contributed by atoms with Gasteiger partial charge in [0, 0.05) is 17.2 Å². The van der Waals surface area contributed by atoms with Gasteiger partial charge in [-0.15, -0.1) is 0 Å². The van der Waals surface area contributed by atoms with Crippen molar-refractivity contribution in [2.75, 3.05) is 0 Å². The van der Waals surface area contributed by atoms with Crippen LogP contribution in [0.2, 0.25) is 10.0 Å². The van der Waals surface area contributed by atoms with Crippen molar-refractivity contribution in [3.63, 3.8) is 0 Å². The van der Waals surface area contributed by atoms with Crippen LogP contribution in [0.5, 0.6) is 5.75 Å². The smallest absolute Gasteiger partial charge is 0.328 e. The third-order valence-electron chi connectivity index (χ3n) is 2.25. The Balaban J connectivity index is 2.51. The maximum atomic E-state index is 11.7. The summed E-state index contributed by atoms with van der Waals surface area (Å²) in [7, 11) is 0. The van der Waals surface area contributed by atoms with Crippen molar-refractivity contribution in [2.45, 2.75) is 13.0 Å². The van der Waals surface area contributed by atoms with Gasteiger partial charge in [-0.25, -0.2) is 4.79 Å². The molecule has 0 saturated heterocycles. The Hall–Kier alpha value is -2.25. The highest BCUT2D eigenvalue weighted by atomic mass is 35.5. The molecular formula is C13H12Cl2N2O5. The molecule has 1 unspecified atom stereocenters. The number of rotatable bonds is 5. The van der Waals surface area contributed by atoms with Crippen LogP contribution in [0, 0.1) is 0 Å². The number of halogens is 2. The number of nitrogens with one attached hydrogen (secondary N) is 2. The summed E-state index contributed by atoms with van der Waals surface area (Å²) in [6.45, 7) is 1.44. The van der Waals surface area contributed by atoms with E-state index in [0.29, 0.717) is 11.1 Å². The van der Waals surface area contributed by atoms with Crippen molar-refractivity contribution < 1.29 is 24.2 Å². The molecule has 1 rings (SSSR count). The lowest BCUT2D eigenvalue weighted by atomic mass is 10.3. The topological polar surface area (TPSA) is 105 Å². The van der Waals surface area contributed by atoms with Crippen molar-refractivity contribution in [1.82, 2.24) is 10.9 Å². The summed E-state index contributed by atoms with van der Waals surface area (Å²) < 4.78 is 5.33. The summed E-state index contributed by atoms with van der Waals surface area (Å²) in [5, 5.41) is 9.00. The fraction of sp³-hybridized carbons (Fsp3) is 0.154. The van der Waals surface area contributed by atoms with Gasteiger partial charge < -0.3 is 9.84 Å². The van der Waals surface area contributed by atoms with Gasteiger partial charge in [0.25, 0.3) is 11.8 Å². The van der Waals surface area contributed by atoms with E-state index >= 15 is 0 Å². The second-order valence-electron chi connectivity index (χ2n) is 3.98. The summed E-state index contributed by atoms with van der Waals surface area (Å²) >= 11 is 11.6. The van der Waals surface area contributed by atoms with E-state index in [1.165, 1.54) is 19.1 Å². The number of ether oxygens (including phenoxy) is 1. The number of benzene rings is 1. The average Bonchev–Trinajstić information content (AvgIpc) is 2.45. The Morgan fingerprint density at radius 2 is 1.91 bits per heavy atom. The molecule has 9 heteroatoms. The van der Waals surface area contributed by atoms with Crippen molar-refractivity contribution >= 4 is 41.0 Å². The summed E-state index contributed by atoms with van der Waals surface area (Å²) in [6.07, 6.45) is 0.432. The molecular weight excluding hydrogens is 335 g/mol. The zero-order valence-corrected chi connectivity index (χ0v) is 12.8. The summed E-state index contributed by atoms with van der Waals surface area (Å²) in [5.41, 5.74) is 4.09. The summed E-state index contributed by atoms with van der Waals surface area (Å²) in [5.74, 6) is -2.48. The SMILES string of the molecule is CC(Oc1ccc(Cl)cc1Cl)C(=O)NNC(=O)/C=C/C(=O)O. The highest BCUT2D eigenvalue weighted by Gasteiger charge is 2.16. The van der Waals surface area contributed by atoms with E-state index < -0.39 is 23.9 Å². The van der Waals surface area contributed by atoms with Crippen molar-refractivity contribution in [3.8, 4) is 5.75 Å². The first-order valence-corrected chi connectivity index (χ1v) is 6.67. The van der Waals surface area contributed by atoms with Crippen LogP contribution in [0.3, 0.4) is 0 Å². The first kappa shape index (κ1) is 17.8. The molecule has 0 spiro atoms. The van der Waals surface area contributed by atoms with Crippen LogP contribution in [-0.2, 0) is 14.4 Å². The van der Waals surface area contributed by atoms with Gasteiger partial charge in [-0.3, -0.25) is 20.4 Å². The van der Waals surface area contributed by atoms with Crippen LogP contribution in [0.25, 0.3) is 0 Å². The molecule has 1 atom stereocenters. The van der Waals surface area contributed by atoms with Crippen LogP contribution in [0.15, 0.2) is 30.4 Å². The molecule has 2 amide bonds. The van der Waals surface area contributed by atoms with E-state index in [9.17, 15) is 14.4 Å². The number of hydrogen-bond acceptors (Lipinski definition) is 4. The molecule has 0 aliphatic carbocycles. The zero-order chi connectivity index (χ0) is 16.7. The Kier molecular flexibility index (Phi) is 6.68. The predicted octanol–water partition coefficient (Wildman–Crippen LogP) is 1.55. The highest BCUT2D eigenvalue weighted by molar-refractivity contribution is 6.35. The molecule has 0 aliphatic heterocycles. The zero-order valence-electron chi connectivity index (χ0n) is 11.3. The fourth-order valence-electron chi connectivity index (χ4n) is 1.23. The van der Waals surface area contributed by atoms with Crippen molar-refractivity contribution in [2.24, 2.45) is 0 Å². The summed E-state index contributed by atoms with van der Waals surface area (Å²) in [4.78, 5) is 33.1. The number of aliphatic carboxylic acids is 1. The number of carbonyl (C=O) groups excluding carboxylic acids is 2. The second kappa shape index (κ2) is 8.26. The molecule has 7 nitrogen and oxygen atoms in total. The Bertz CT molecular complexity index is 618. The normalized spacial score (nSPS) is 11.8. The molecule has 0 fully saturated rings. The van der Waals surface area contributed by atoms with E-state index in [2.05, 4.69) is 5.43 Å². The van der Waals surface area contributed by atoms with Gasteiger partial charge in [0.05, 0.1) is 5.02 Å². The van der Waals surface area contributed by atoms with Crippen LogP contribution < -0.4 is 15.6 Å². The lowest BCUT2D eigenvalue weighted by Gasteiger charge is -2.15. The molecule has 118 valence electrons. The van der Waals surface area contributed by atoms with Gasteiger partial charge in [-0.1, -0.05) is 23.2 Å². The number of carbonyl (C=O) groups is 3. The lowest BCUT2D eigenvalue weighted by Crippen LogP contribution is -2.46. The lowest BCUT2D eigenvalue weighted by molar-refractivity contribution is -0.132. The maximum absolute atomic E-state index is 11.7. The van der Waals surface area contributed by atoms with E-state index in [1.807, 2.05) is 5.43 Å². The van der Waals surface area contributed by atoms with Crippen LogP contribution in [-0.4, -0.2) is 29.0 Å². The molecule has 1 aromatic carbocycles. The minimum absolute atomic E-state index is 0.237. The highest BCUT2D eigenvalue weighted by Crippen LogP contribution is 2.28. The van der Waals surface area contributed by atoms with Gasteiger partial charge in [0.2, 0.25) is 0 Å². The van der Waals surface area contributed by atoms with Gasteiger partial charge in [-0.2, -0.15) is 0 Å². The van der Waals surface area contributed by atoms with Crippen LogP contribution in [0.4, 0.5) is 0 Å². The monoisotopic (exact) mass is 346 g/mol. The average molecular weight is 347 g/mol. The van der Waals surface area contributed by atoms with E-state index in [-0.39, 0.29) is 10.8 Å². The molecule has 1 aromatic rings. The number of carboxylic acid groups (broad SMARTS) is 1. The standard InChI is InChI=1S/C13H12Cl2N2O5/c1-7(22-10-3-2-8(14)6-9(10)15)13(21)17-16-11(18)4-5-12(19)20/h2-7H,1H3,(H,16,18)(H,17,21)(H,19,20)/b5-4+. The third-order valence-corrected chi connectivity index (χ3v) is 2.78. The molecule has 3 N–H and O–H groups in total. The van der Waals surface area contributed by atoms with Crippen molar-refractivity contribution in [1.29, 1.82) is 0 Å². The molecule has 0 bridgehead atoms. The largest absolute Gasteiger partial charge is 0.479 e. The quantitative estimate of drug-likeness (QED) is 0.554. The van der Waals surface area contributed by atoms with Crippen LogP contribution in [0.1, 0.15) is 6.92 Å². The van der Waals surface area contributed by atoms with Gasteiger partial charge in [0.15, 0.2) is 6.10 Å². The molecule has 0 aliphatic rings. The minimum Gasteiger partial charge on any atom is -0.479 e. The van der Waals surface area contributed by atoms with E-state index in [4.69, 9.17) is 33.0 Å². The Morgan fingerprint density at radius 1 is 1.23 bits per heavy atom. The first-order valence-electron chi connectivity index (χ1n) is 5.92. The maximum Gasteiger partial charge on any atom is 0.328 e. The van der Waals surface area contributed by atoms with E-state index in [0.717, 1.165) is 6.08 Å².